The molecule has 4 rings (SSSR count). The molecule has 2 N–H and O–H groups in total. The van der Waals surface area contributed by atoms with Gasteiger partial charge in [-0.1, -0.05) is 38.1 Å². The van der Waals surface area contributed by atoms with E-state index in [2.05, 4.69) is 12.0 Å². The Balaban J connectivity index is 1.82. The zero-order chi connectivity index (χ0) is 26.3. The van der Waals surface area contributed by atoms with Crippen LogP contribution in [0.15, 0.2) is 53.0 Å². The van der Waals surface area contributed by atoms with E-state index in [0.717, 1.165) is 5.57 Å². The molecular formula is C28H32FN3O4. The van der Waals surface area contributed by atoms with Gasteiger partial charge in [0.2, 0.25) is 5.43 Å². The summed E-state index contributed by atoms with van der Waals surface area (Å²) in [6.45, 7) is 11.8. The molecule has 2 aliphatic rings. The summed E-state index contributed by atoms with van der Waals surface area (Å²) in [6.07, 6.45) is 2.58. The van der Waals surface area contributed by atoms with Gasteiger partial charge in [-0.15, -0.1) is 0 Å². The summed E-state index contributed by atoms with van der Waals surface area (Å²) in [4.78, 5) is 39.5. The first kappa shape index (κ1) is 25.6. The van der Waals surface area contributed by atoms with Crippen LogP contribution in [0.25, 0.3) is 5.57 Å². The molecule has 36 heavy (non-hydrogen) atoms. The lowest BCUT2D eigenvalue weighted by Crippen LogP contribution is -2.52. The van der Waals surface area contributed by atoms with Crippen LogP contribution in [0.3, 0.4) is 0 Å². The van der Waals surface area contributed by atoms with Gasteiger partial charge in [0.25, 0.3) is 5.91 Å². The highest BCUT2D eigenvalue weighted by Crippen LogP contribution is 2.37. The van der Waals surface area contributed by atoms with Crippen LogP contribution in [0, 0.1) is 17.7 Å². The number of hydrogen-bond donors (Lipinski definition) is 2. The van der Waals surface area contributed by atoms with Crippen LogP contribution in [0.1, 0.15) is 74.7 Å². The number of ketones is 1. The molecule has 1 amide bonds. The Bertz CT molecular complexity index is 1320. The van der Waals surface area contributed by atoms with Gasteiger partial charge in [-0.2, -0.15) is 0 Å². The first-order valence-electron chi connectivity index (χ1n) is 12.2. The molecular weight excluding hydrogens is 461 g/mol. The van der Waals surface area contributed by atoms with Crippen molar-refractivity contribution in [3.05, 3.63) is 81.0 Å². The number of amides is 1. The molecule has 1 aromatic heterocycles. The van der Waals surface area contributed by atoms with Gasteiger partial charge in [0.05, 0.1) is 6.54 Å². The lowest BCUT2D eigenvalue weighted by molar-refractivity contribution is -0.116. The fourth-order valence-corrected chi connectivity index (χ4v) is 4.90. The van der Waals surface area contributed by atoms with E-state index in [0.29, 0.717) is 36.0 Å². The molecule has 1 aliphatic carbocycles. The first-order valence-corrected chi connectivity index (χ1v) is 12.2. The highest BCUT2D eigenvalue weighted by atomic mass is 19.1. The number of allylic oxidation sites excluding steroid dienone is 3. The largest absolute Gasteiger partial charge is 0.503 e. The Kier molecular flexibility index (Phi) is 7.00. The maximum atomic E-state index is 13.4. The van der Waals surface area contributed by atoms with Crippen molar-refractivity contribution in [3.8, 4) is 5.75 Å². The molecule has 0 spiro atoms. The summed E-state index contributed by atoms with van der Waals surface area (Å²) in [6, 6.07) is 5.80. The number of hydrogen-bond acceptors (Lipinski definition) is 5. The van der Waals surface area contributed by atoms with Crippen LogP contribution in [0.2, 0.25) is 0 Å². The van der Waals surface area contributed by atoms with Crippen LogP contribution in [0.4, 0.5) is 4.39 Å². The number of Topliss-reactive ketones (excluding diaryl/α,β-unsaturated/α-hetero) is 1. The van der Waals surface area contributed by atoms with Crippen molar-refractivity contribution in [1.29, 1.82) is 0 Å². The molecule has 2 unspecified atom stereocenters. The summed E-state index contributed by atoms with van der Waals surface area (Å²) >= 11 is 0. The van der Waals surface area contributed by atoms with E-state index in [9.17, 15) is 23.9 Å². The van der Waals surface area contributed by atoms with Crippen molar-refractivity contribution in [2.24, 2.45) is 11.8 Å². The van der Waals surface area contributed by atoms with Gasteiger partial charge in [0.15, 0.2) is 17.2 Å². The predicted octanol–water partition coefficient (Wildman–Crippen LogP) is 4.73. The zero-order valence-corrected chi connectivity index (χ0v) is 21.1. The standard InChI is InChI=1S/C28H32FN3O4/c1-15(2)10-24-30-32(13-18-6-8-20(29)9-7-18)28(36)25-27(35)26(34)22(14-31(24)25)21-11-19(16(3)4)12-23(33)17(21)5/h6-9,14-15,19,24,30,35H,3,10-13H2,1-2,4-5H3. The van der Waals surface area contributed by atoms with Gasteiger partial charge in [-0.3, -0.25) is 19.4 Å². The lowest BCUT2D eigenvalue weighted by Gasteiger charge is -2.38. The summed E-state index contributed by atoms with van der Waals surface area (Å²) < 4.78 is 15.0. The van der Waals surface area contributed by atoms with Crippen LogP contribution < -0.4 is 10.9 Å². The lowest BCUT2D eigenvalue weighted by atomic mass is 9.78. The fraction of sp³-hybridized carbons (Fsp3) is 0.393. The number of rotatable bonds is 6. The SMILES string of the molecule is C=C(C)C1CC(=O)C(C)=C(c2cn3c(c(O)c2=O)C(=O)N(Cc2ccc(F)cc2)NC3CC(C)C)C1. The summed E-state index contributed by atoms with van der Waals surface area (Å²) in [5.74, 6) is -1.49. The van der Waals surface area contributed by atoms with Gasteiger partial charge in [0.1, 0.15) is 12.0 Å². The topological polar surface area (TPSA) is 91.6 Å². The average molecular weight is 494 g/mol. The molecule has 2 aromatic rings. The number of nitrogens with zero attached hydrogens (tertiary/aromatic N) is 2. The average Bonchev–Trinajstić information content (AvgIpc) is 2.81. The second-order valence-corrected chi connectivity index (χ2v) is 10.2. The number of benzene rings is 1. The highest BCUT2D eigenvalue weighted by Gasteiger charge is 2.36. The molecule has 0 saturated carbocycles. The third-order valence-corrected chi connectivity index (χ3v) is 7.02. The van der Waals surface area contributed by atoms with Crippen molar-refractivity contribution in [3.63, 3.8) is 0 Å². The number of halogens is 1. The Morgan fingerprint density at radius 3 is 2.47 bits per heavy atom. The molecule has 8 heteroatoms. The van der Waals surface area contributed by atoms with Crippen molar-refractivity contribution in [2.45, 2.75) is 59.7 Å². The summed E-state index contributed by atoms with van der Waals surface area (Å²) in [5, 5.41) is 12.4. The Hall–Kier alpha value is -3.52. The van der Waals surface area contributed by atoms with Crippen molar-refractivity contribution in [2.75, 3.05) is 0 Å². The minimum Gasteiger partial charge on any atom is -0.503 e. The summed E-state index contributed by atoms with van der Waals surface area (Å²) in [7, 11) is 0. The molecule has 0 fully saturated rings. The Morgan fingerprint density at radius 2 is 1.86 bits per heavy atom. The van der Waals surface area contributed by atoms with Crippen LogP contribution in [-0.2, 0) is 11.3 Å². The zero-order valence-electron chi connectivity index (χ0n) is 21.1. The molecule has 7 nitrogen and oxygen atoms in total. The monoisotopic (exact) mass is 493 g/mol. The number of aromatic nitrogens is 1. The second kappa shape index (κ2) is 9.85. The van der Waals surface area contributed by atoms with Gasteiger partial charge >= 0.3 is 0 Å². The van der Waals surface area contributed by atoms with Gasteiger partial charge < -0.3 is 9.67 Å². The molecule has 2 atom stereocenters. The van der Waals surface area contributed by atoms with Crippen LogP contribution >= 0.6 is 0 Å². The van der Waals surface area contributed by atoms with Gasteiger partial charge in [-0.05, 0) is 67.4 Å². The van der Waals surface area contributed by atoms with Crippen LogP contribution in [-0.4, -0.2) is 26.4 Å². The van der Waals surface area contributed by atoms with E-state index >= 15 is 0 Å². The Morgan fingerprint density at radius 1 is 1.19 bits per heavy atom. The number of aromatic hydroxyl groups is 1. The number of carbonyl (C=O) groups excluding carboxylic acids is 2. The predicted molar refractivity (Wildman–Crippen MR) is 135 cm³/mol. The van der Waals surface area contributed by atoms with E-state index in [1.54, 1.807) is 29.8 Å². The van der Waals surface area contributed by atoms with E-state index in [-0.39, 0.29) is 41.2 Å². The molecule has 2 heterocycles. The minimum absolute atomic E-state index is 0.0516. The Labute approximate surface area is 209 Å². The smallest absolute Gasteiger partial charge is 0.289 e. The third kappa shape index (κ3) is 4.78. The second-order valence-electron chi connectivity index (χ2n) is 10.2. The molecule has 0 radical (unpaired) electrons. The molecule has 0 saturated heterocycles. The maximum Gasteiger partial charge on any atom is 0.289 e. The number of nitrogens with one attached hydrogen (secondary N) is 1. The van der Waals surface area contributed by atoms with Gasteiger partial charge in [0, 0.05) is 18.2 Å². The first-order chi connectivity index (χ1) is 17.0. The number of carbonyl (C=O) groups is 2. The number of pyridine rings is 1. The molecule has 190 valence electrons. The maximum absolute atomic E-state index is 13.4. The van der Waals surface area contributed by atoms with Crippen molar-refractivity contribution in [1.82, 2.24) is 15.0 Å². The van der Waals surface area contributed by atoms with E-state index in [1.807, 2.05) is 20.8 Å². The van der Waals surface area contributed by atoms with Crippen LogP contribution in [0.5, 0.6) is 5.75 Å². The molecule has 1 aliphatic heterocycles. The van der Waals surface area contributed by atoms with Crippen molar-refractivity contribution >= 4 is 17.3 Å². The highest BCUT2D eigenvalue weighted by molar-refractivity contribution is 6.04. The van der Waals surface area contributed by atoms with Crippen molar-refractivity contribution < 1.29 is 19.1 Å². The quantitative estimate of drug-likeness (QED) is 0.568. The van der Waals surface area contributed by atoms with Gasteiger partial charge in [-0.25, -0.2) is 9.82 Å². The number of fused-ring (bicyclic) bond motifs is 1. The minimum atomic E-state index is -0.675. The molecule has 1 aromatic carbocycles. The van der Waals surface area contributed by atoms with E-state index < -0.39 is 23.3 Å². The van der Waals surface area contributed by atoms with E-state index in [4.69, 9.17) is 0 Å². The molecule has 0 bridgehead atoms. The normalized spacial score (nSPS) is 20.2. The fourth-order valence-electron chi connectivity index (χ4n) is 4.90. The third-order valence-electron chi connectivity index (χ3n) is 7.02. The number of hydrazine groups is 1. The van der Waals surface area contributed by atoms with E-state index in [1.165, 1.54) is 17.1 Å². The summed E-state index contributed by atoms with van der Waals surface area (Å²) in [5.41, 5.74) is 5.30.